The summed E-state index contributed by atoms with van der Waals surface area (Å²) in [5, 5.41) is 12.5. The lowest BCUT2D eigenvalue weighted by Crippen LogP contribution is -2.43. The SMILES string of the molecule is CC(C)(C)C1CCC(C(=O)NC2CCCC2CO)CC1. The third kappa shape index (κ3) is 3.75. The quantitative estimate of drug-likeness (QED) is 0.835. The molecule has 0 spiro atoms. The van der Waals surface area contributed by atoms with Crippen LogP contribution in [0.5, 0.6) is 0 Å². The minimum Gasteiger partial charge on any atom is -0.396 e. The van der Waals surface area contributed by atoms with E-state index in [1.54, 1.807) is 0 Å². The van der Waals surface area contributed by atoms with Gasteiger partial charge in [-0.25, -0.2) is 0 Å². The molecule has 2 unspecified atom stereocenters. The van der Waals surface area contributed by atoms with Crippen LogP contribution in [-0.4, -0.2) is 23.7 Å². The Balaban J connectivity index is 1.80. The molecule has 2 atom stereocenters. The Morgan fingerprint density at radius 2 is 1.75 bits per heavy atom. The summed E-state index contributed by atoms with van der Waals surface area (Å²) in [4.78, 5) is 12.4. The highest BCUT2D eigenvalue weighted by molar-refractivity contribution is 5.79. The smallest absolute Gasteiger partial charge is 0.223 e. The number of carbonyl (C=O) groups is 1. The van der Waals surface area contributed by atoms with Gasteiger partial charge in [-0.2, -0.15) is 0 Å². The minimum absolute atomic E-state index is 0.202. The van der Waals surface area contributed by atoms with Crippen LogP contribution in [0.2, 0.25) is 0 Å². The Morgan fingerprint density at radius 1 is 1.10 bits per heavy atom. The number of hydrogen-bond donors (Lipinski definition) is 2. The van der Waals surface area contributed by atoms with Crippen molar-refractivity contribution in [2.45, 2.75) is 71.8 Å². The van der Waals surface area contributed by atoms with Crippen LogP contribution in [0.3, 0.4) is 0 Å². The maximum absolute atomic E-state index is 12.4. The van der Waals surface area contributed by atoms with Gasteiger partial charge in [0, 0.05) is 24.5 Å². The molecule has 2 aliphatic carbocycles. The average Bonchev–Trinajstić information content (AvgIpc) is 2.85. The molecule has 2 rings (SSSR count). The van der Waals surface area contributed by atoms with Gasteiger partial charge in [-0.05, 0) is 49.9 Å². The zero-order valence-corrected chi connectivity index (χ0v) is 13.3. The Kier molecular flexibility index (Phi) is 5.11. The van der Waals surface area contributed by atoms with Gasteiger partial charge in [0.15, 0.2) is 0 Å². The second-order valence-corrected chi connectivity index (χ2v) is 7.90. The summed E-state index contributed by atoms with van der Waals surface area (Å²) >= 11 is 0. The molecule has 0 radical (unpaired) electrons. The fourth-order valence-electron chi connectivity index (χ4n) is 3.97. The first-order valence-corrected chi connectivity index (χ1v) is 8.33. The molecule has 0 aromatic heterocycles. The summed E-state index contributed by atoms with van der Waals surface area (Å²) in [7, 11) is 0. The Bertz CT molecular complexity index is 326. The minimum atomic E-state index is 0.202. The van der Waals surface area contributed by atoms with Crippen LogP contribution in [0.15, 0.2) is 0 Å². The number of aliphatic hydroxyl groups excluding tert-OH is 1. The van der Waals surface area contributed by atoms with E-state index in [4.69, 9.17) is 0 Å². The monoisotopic (exact) mass is 281 g/mol. The van der Waals surface area contributed by atoms with Crippen molar-refractivity contribution in [3.05, 3.63) is 0 Å². The number of amides is 1. The van der Waals surface area contributed by atoms with Crippen LogP contribution < -0.4 is 5.32 Å². The van der Waals surface area contributed by atoms with E-state index in [1.807, 2.05) is 0 Å². The second kappa shape index (κ2) is 6.46. The van der Waals surface area contributed by atoms with Gasteiger partial charge in [0.2, 0.25) is 5.91 Å². The van der Waals surface area contributed by atoms with Crippen molar-refractivity contribution in [3.8, 4) is 0 Å². The number of nitrogens with one attached hydrogen (secondary N) is 1. The van der Waals surface area contributed by atoms with Crippen LogP contribution in [0.1, 0.15) is 65.7 Å². The summed E-state index contributed by atoms with van der Waals surface area (Å²) in [5.74, 6) is 1.48. The molecule has 3 nitrogen and oxygen atoms in total. The van der Waals surface area contributed by atoms with Gasteiger partial charge in [-0.15, -0.1) is 0 Å². The van der Waals surface area contributed by atoms with Gasteiger partial charge >= 0.3 is 0 Å². The fourth-order valence-corrected chi connectivity index (χ4v) is 3.97. The van der Waals surface area contributed by atoms with Gasteiger partial charge in [0.25, 0.3) is 0 Å². The van der Waals surface area contributed by atoms with Crippen molar-refractivity contribution >= 4 is 5.91 Å². The van der Waals surface area contributed by atoms with E-state index in [9.17, 15) is 9.90 Å². The first-order valence-electron chi connectivity index (χ1n) is 8.33. The number of hydrogen-bond acceptors (Lipinski definition) is 2. The predicted molar refractivity (Wildman–Crippen MR) is 81.3 cm³/mol. The molecule has 0 aliphatic heterocycles. The van der Waals surface area contributed by atoms with Gasteiger partial charge in [-0.3, -0.25) is 4.79 Å². The maximum Gasteiger partial charge on any atom is 0.223 e. The van der Waals surface area contributed by atoms with E-state index in [-0.39, 0.29) is 30.4 Å². The largest absolute Gasteiger partial charge is 0.396 e. The van der Waals surface area contributed by atoms with Crippen LogP contribution in [0.25, 0.3) is 0 Å². The summed E-state index contributed by atoms with van der Waals surface area (Å²) in [6.07, 6.45) is 7.64. The highest BCUT2D eigenvalue weighted by Gasteiger charge is 2.34. The van der Waals surface area contributed by atoms with Crippen molar-refractivity contribution in [2.75, 3.05) is 6.61 Å². The van der Waals surface area contributed by atoms with E-state index >= 15 is 0 Å². The Hall–Kier alpha value is -0.570. The van der Waals surface area contributed by atoms with E-state index in [0.29, 0.717) is 5.41 Å². The molecule has 2 aliphatic rings. The fraction of sp³-hybridized carbons (Fsp3) is 0.941. The van der Waals surface area contributed by atoms with Crippen LogP contribution in [-0.2, 0) is 4.79 Å². The van der Waals surface area contributed by atoms with Crippen molar-refractivity contribution in [1.29, 1.82) is 0 Å². The average molecular weight is 281 g/mol. The standard InChI is InChI=1S/C17H31NO2/c1-17(2,3)14-9-7-12(8-10-14)16(20)18-15-6-4-5-13(15)11-19/h12-15,19H,4-11H2,1-3H3,(H,18,20). The van der Waals surface area contributed by atoms with Gasteiger partial charge in [0.05, 0.1) is 0 Å². The lowest BCUT2D eigenvalue weighted by atomic mass is 9.69. The molecular formula is C17H31NO2. The molecule has 116 valence electrons. The molecular weight excluding hydrogens is 250 g/mol. The lowest BCUT2D eigenvalue weighted by molar-refractivity contribution is -0.127. The third-order valence-corrected chi connectivity index (χ3v) is 5.54. The molecule has 0 bridgehead atoms. The van der Waals surface area contributed by atoms with Crippen molar-refractivity contribution < 1.29 is 9.90 Å². The summed E-state index contributed by atoms with van der Waals surface area (Å²) in [6, 6.07) is 0.216. The van der Waals surface area contributed by atoms with Gasteiger partial charge < -0.3 is 10.4 Å². The molecule has 0 aromatic rings. The molecule has 0 heterocycles. The zero-order chi connectivity index (χ0) is 14.8. The van der Waals surface area contributed by atoms with Crippen LogP contribution in [0, 0.1) is 23.2 Å². The van der Waals surface area contributed by atoms with Crippen LogP contribution in [0.4, 0.5) is 0 Å². The van der Waals surface area contributed by atoms with E-state index in [1.165, 1.54) is 12.8 Å². The zero-order valence-electron chi connectivity index (χ0n) is 13.3. The third-order valence-electron chi connectivity index (χ3n) is 5.54. The number of rotatable bonds is 3. The first-order chi connectivity index (χ1) is 9.41. The molecule has 2 N–H and O–H groups in total. The topological polar surface area (TPSA) is 49.3 Å². The highest BCUT2D eigenvalue weighted by atomic mass is 16.3. The van der Waals surface area contributed by atoms with E-state index < -0.39 is 0 Å². The predicted octanol–water partition coefficient (Wildman–Crippen LogP) is 3.12. The molecule has 1 amide bonds. The summed E-state index contributed by atoms with van der Waals surface area (Å²) in [5.41, 5.74) is 0.370. The normalized spacial score (nSPS) is 35.0. The second-order valence-electron chi connectivity index (χ2n) is 7.90. The van der Waals surface area contributed by atoms with Crippen molar-refractivity contribution in [1.82, 2.24) is 5.32 Å². The molecule has 0 saturated heterocycles. The molecule has 2 fully saturated rings. The van der Waals surface area contributed by atoms with Crippen molar-refractivity contribution in [3.63, 3.8) is 0 Å². The highest BCUT2D eigenvalue weighted by Crippen LogP contribution is 2.40. The van der Waals surface area contributed by atoms with E-state index in [2.05, 4.69) is 26.1 Å². The maximum atomic E-state index is 12.4. The first kappa shape index (κ1) is 15.8. The molecule has 20 heavy (non-hydrogen) atoms. The molecule has 2 saturated carbocycles. The Labute approximate surface area is 123 Å². The summed E-state index contributed by atoms with van der Waals surface area (Å²) in [6.45, 7) is 7.13. The van der Waals surface area contributed by atoms with Crippen LogP contribution >= 0.6 is 0 Å². The lowest BCUT2D eigenvalue weighted by Gasteiger charge is -2.37. The molecule has 3 heteroatoms. The Morgan fingerprint density at radius 3 is 2.30 bits per heavy atom. The van der Waals surface area contributed by atoms with Gasteiger partial charge in [-0.1, -0.05) is 27.2 Å². The van der Waals surface area contributed by atoms with Crippen molar-refractivity contribution in [2.24, 2.45) is 23.2 Å². The number of aliphatic hydroxyl groups is 1. The summed E-state index contributed by atoms with van der Waals surface area (Å²) < 4.78 is 0. The number of carbonyl (C=O) groups excluding carboxylic acids is 1. The van der Waals surface area contributed by atoms with Gasteiger partial charge in [0.1, 0.15) is 0 Å². The molecule has 0 aromatic carbocycles. The van der Waals surface area contributed by atoms with E-state index in [0.717, 1.165) is 38.0 Å².